The number of carbonyl (C=O) groups is 1. The summed E-state index contributed by atoms with van der Waals surface area (Å²) in [6.07, 6.45) is 4.29. The van der Waals surface area contributed by atoms with Gasteiger partial charge in [-0.1, -0.05) is 15.9 Å². The zero-order valence-corrected chi connectivity index (χ0v) is 13.2. The van der Waals surface area contributed by atoms with E-state index in [2.05, 4.69) is 41.7 Å². The van der Waals surface area contributed by atoms with Gasteiger partial charge in [0.25, 0.3) is 5.91 Å². The molecule has 1 aliphatic rings. The number of benzene rings is 1. The van der Waals surface area contributed by atoms with Crippen molar-refractivity contribution in [2.45, 2.75) is 18.9 Å². The van der Waals surface area contributed by atoms with E-state index in [0.29, 0.717) is 11.7 Å². The Balaban J connectivity index is 1.82. The Bertz CT molecular complexity index is 615. The quantitative estimate of drug-likeness (QED) is 0.825. The predicted molar refractivity (Wildman–Crippen MR) is 82.5 cm³/mol. The summed E-state index contributed by atoms with van der Waals surface area (Å²) in [6.45, 7) is 0. The van der Waals surface area contributed by atoms with Crippen LogP contribution < -0.4 is 5.32 Å². The summed E-state index contributed by atoms with van der Waals surface area (Å²) >= 11 is 6.81. The average Bonchev–Trinajstić information content (AvgIpc) is 3.15. The third-order valence-electron chi connectivity index (χ3n) is 3.09. The Hall–Kier alpha value is -1.07. The third-order valence-corrected chi connectivity index (χ3v) is 4.05. The number of amides is 1. The fraction of sp³-hybridized carbons (Fsp3) is 0.214. The molecule has 2 aromatic rings. The van der Waals surface area contributed by atoms with Crippen LogP contribution >= 0.6 is 31.9 Å². The molecule has 5 heteroatoms. The average molecular weight is 384 g/mol. The number of hydrogen-bond donors (Lipinski definition) is 1. The van der Waals surface area contributed by atoms with Crippen molar-refractivity contribution in [3.63, 3.8) is 0 Å². The Morgan fingerprint density at radius 3 is 2.47 bits per heavy atom. The number of aromatic nitrogens is 1. The first-order valence-corrected chi connectivity index (χ1v) is 7.66. The molecule has 0 aliphatic heterocycles. The largest absolute Gasteiger partial charge is 0.339 e. The summed E-state index contributed by atoms with van der Waals surface area (Å²) in [5.41, 5.74) is 1.50. The summed E-state index contributed by atoms with van der Waals surface area (Å²) in [4.78, 5) is 12.3. The minimum atomic E-state index is -0.0695. The summed E-state index contributed by atoms with van der Waals surface area (Å²) < 4.78 is 3.99. The number of nitrogens with zero attached hydrogens (tertiary/aromatic N) is 1. The zero-order valence-electron chi connectivity index (χ0n) is 10.1. The zero-order chi connectivity index (χ0) is 13.4. The molecule has 1 aromatic heterocycles. The number of carbonyl (C=O) groups excluding carboxylic acids is 1. The fourth-order valence-electron chi connectivity index (χ4n) is 2.01. The standard InChI is InChI=1S/C14H12Br2N2O/c15-9-1-3-11(4-2-9)17-14(19)13-7-10(16)8-18(13)12-5-6-12/h1-4,7-8,12H,5-6H2,(H,17,19). The Labute approximate surface area is 128 Å². The van der Waals surface area contributed by atoms with E-state index in [-0.39, 0.29) is 5.91 Å². The van der Waals surface area contributed by atoms with Gasteiger partial charge in [0.15, 0.2) is 0 Å². The van der Waals surface area contributed by atoms with Crippen molar-refractivity contribution in [1.82, 2.24) is 4.57 Å². The smallest absolute Gasteiger partial charge is 0.272 e. The lowest BCUT2D eigenvalue weighted by molar-refractivity contribution is 0.101. The second-order valence-electron chi connectivity index (χ2n) is 4.64. The molecule has 0 unspecified atom stereocenters. The maximum absolute atomic E-state index is 12.3. The molecule has 3 nitrogen and oxygen atoms in total. The van der Waals surface area contributed by atoms with Gasteiger partial charge >= 0.3 is 0 Å². The van der Waals surface area contributed by atoms with Gasteiger partial charge in [-0.15, -0.1) is 0 Å². The molecule has 1 aliphatic carbocycles. The molecule has 1 amide bonds. The molecule has 1 fully saturated rings. The predicted octanol–water partition coefficient (Wildman–Crippen LogP) is 4.60. The van der Waals surface area contributed by atoms with Gasteiger partial charge in [-0.25, -0.2) is 0 Å². The van der Waals surface area contributed by atoms with E-state index >= 15 is 0 Å². The van der Waals surface area contributed by atoms with Crippen molar-refractivity contribution < 1.29 is 4.79 Å². The number of rotatable bonds is 3. The van der Waals surface area contributed by atoms with E-state index in [9.17, 15) is 4.79 Å². The highest BCUT2D eigenvalue weighted by molar-refractivity contribution is 9.10. The fourth-order valence-corrected chi connectivity index (χ4v) is 2.71. The summed E-state index contributed by atoms with van der Waals surface area (Å²) in [5, 5.41) is 2.92. The van der Waals surface area contributed by atoms with E-state index in [1.165, 1.54) is 0 Å². The van der Waals surface area contributed by atoms with Crippen LogP contribution in [0.3, 0.4) is 0 Å². The van der Waals surface area contributed by atoms with Crippen LogP contribution in [-0.4, -0.2) is 10.5 Å². The van der Waals surface area contributed by atoms with Gasteiger partial charge in [0, 0.05) is 26.9 Å². The number of hydrogen-bond acceptors (Lipinski definition) is 1. The topological polar surface area (TPSA) is 34.0 Å². The molecule has 0 saturated heterocycles. The molecule has 98 valence electrons. The summed E-state index contributed by atoms with van der Waals surface area (Å²) in [6, 6.07) is 9.92. The van der Waals surface area contributed by atoms with Crippen LogP contribution in [0.5, 0.6) is 0 Å². The van der Waals surface area contributed by atoms with E-state index in [1.807, 2.05) is 36.5 Å². The van der Waals surface area contributed by atoms with E-state index < -0.39 is 0 Å². The molecule has 1 heterocycles. The SMILES string of the molecule is O=C(Nc1ccc(Br)cc1)c1cc(Br)cn1C1CC1. The highest BCUT2D eigenvalue weighted by Gasteiger charge is 2.27. The monoisotopic (exact) mass is 382 g/mol. The second-order valence-corrected chi connectivity index (χ2v) is 6.47. The van der Waals surface area contributed by atoms with Crippen molar-refractivity contribution in [2.24, 2.45) is 0 Å². The van der Waals surface area contributed by atoms with Crippen LogP contribution in [0.4, 0.5) is 5.69 Å². The molecule has 1 aromatic carbocycles. The van der Waals surface area contributed by atoms with Crippen LogP contribution in [0, 0.1) is 0 Å². The molecule has 0 bridgehead atoms. The van der Waals surface area contributed by atoms with Crippen LogP contribution in [0.25, 0.3) is 0 Å². The summed E-state index contributed by atoms with van der Waals surface area (Å²) in [7, 11) is 0. The van der Waals surface area contributed by atoms with Gasteiger partial charge in [-0.2, -0.15) is 0 Å². The highest BCUT2D eigenvalue weighted by Crippen LogP contribution is 2.37. The van der Waals surface area contributed by atoms with E-state index in [4.69, 9.17) is 0 Å². The van der Waals surface area contributed by atoms with Crippen LogP contribution in [0.2, 0.25) is 0 Å². The van der Waals surface area contributed by atoms with Gasteiger partial charge in [-0.3, -0.25) is 4.79 Å². The van der Waals surface area contributed by atoms with E-state index in [1.54, 1.807) is 0 Å². The molecule has 1 saturated carbocycles. The minimum Gasteiger partial charge on any atom is -0.339 e. The highest BCUT2D eigenvalue weighted by atomic mass is 79.9. The lowest BCUT2D eigenvalue weighted by atomic mass is 10.3. The van der Waals surface area contributed by atoms with Gasteiger partial charge in [0.2, 0.25) is 0 Å². The van der Waals surface area contributed by atoms with E-state index in [0.717, 1.165) is 27.5 Å². The first-order chi connectivity index (χ1) is 9.13. The molecule has 0 radical (unpaired) electrons. The first kappa shape index (κ1) is 12.9. The van der Waals surface area contributed by atoms with Crippen LogP contribution in [0.15, 0.2) is 45.5 Å². The maximum Gasteiger partial charge on any atom is 0.272 e. The van der Waals surface area contributed by atoms with Gasteiger partial charge in [0.1, 0.15) is 5.69 Å². The number of nitrogens with one attached hydrogen (secondary N) is 1. The maximum atomic E-state index is 12.3. The van der Waals surface area contributed by atoms with Crippen LogP contribution in [-0.2, 0) is 0 Å². The molecular weight excluding hydrogens is 372 g/mol. The molecular formula is C14H12Br2N2O. The van der Waals surface area contributed by atoms with Crippen molar-refractivity contribution in [1.29, 1.82) is 0 Å². The molecule has 19 heavy (non-hydrogen) atoms. The minimum absolute atomic E-state index is 0.0695. The Morgan fingerprint density at radius 2 is 1.84 bits per heavy atom. The van der Waals surface area contributed by atoms with Crippen molar-refractivity contribution in [2.75, 3.05) is 5.32 Å². The first-order valence-electron chi connectivity index (χ1n) is 6.08. The molecule has 3 rings (SSSR count). The number of halogens is 2. The van der Waals surface area contributed by atoms with Crippen molar-refractivity contribution in [3.05, 3.63) is 51.2 Å². The summed E-state index contributed by atoms with van der Waals surface area (Å²) in [5.74, 6) is -0.0695. The van der Waals surface area contributed by atoms with Gasteiger partial charge in [0.05, 0.1) is 0 Å². The van der Waals surface area contributed by atoms with Crippen LogP contribution in [0.1, 0.15) is 29.4 Å². The third kappa shape index (κ3) is 2.92. The molecule has 0 atom stereocenters. The van der Waals surface area contributed by atoms with Crippen molar-refractivity contribution >= 4 is 43.5 Å². The lowest BCUT2D eigenvalue weighted by Gasteiger charge is -2.08. The van der Waals surface area contributed by atoms with Gasteiger partial charge in [-0.05, 0) is 59.1 Å². The molecule has 1 N–H and O–H groups in total. The van der Waals surface area contributed by atoms with Crippen molar-refractivity contribution in [3.8, 4) is 0 Å². The lowest BCUT2D eigenvalue weighted by Crippen LogP contribution is -2.16. The normalized spacial score (nSPS) is 14.4. The van der Waals surface area contributed by atoms with Gasteiger partial charge < -0.3 is 9.88 Å². The molecule has 0 spiro atoms. The second kappa shape index (κ2) is 5.13. The Kier molecular flexibility index (Phi) is 3.50. The Morgan fingerprint density at radius 1 is 1.16 bits per heavy atom. The number of anilines is 1.